The maximum atomic E-state index is 12.0. The Balaban J connectivity index is 0.00000289. The van der Waals surface area contributed by atoms with Gasteiger partial charge >= 0.3 is 0 Å². The van der Waals surface area contributed by atoms with E-state index in [9.17, 15) is 9.90 Å². The second kappa shape index (κ2) is 7.24. The van der Waals surface area contributed by atoms with Crippen molar-refractivity contribution in [3.63, 3.8) is 0 Å². The summed E-state index contributed by atoms with van der Waals surface area (Å²) in [5.41, 5.74) is 7.93. The summed E-state index contributed by atoms with van der Waals surface area (Å²) in [5.74, 6) is -0.0475. The molecule has 102 valence electrons. The molecule has 0 saturated carbocycles. The first-order valence-corrected chi connectivity index (χ1v) is 5.71. The van der Waals surface area contributed by atoms with Crippen molar-refractivity contribution in [1.82, 2.24) is 4.90 Å². The maximum absolute atomic E-state index is 12.0. The lowest BCUT2D eigenvalue weighted by Crippen LogP contribution is -2.29. The number of carbonyl (C=O) groups is 1. The fourth-order valence-corrected chi connectivity index (χ4v) is 1.51. The predicted octanol–water partition coefficient (Wildman–Crippen LogP) is 1.84. The number of hydrogen-bond acceptors (Lipinski definition) is 3. The molecule has 1 amide bonds. The van der Waals surface area contributed by atoms with Crippen LogP contribution in [0.4, 0.5) is 5.69 Å². The number of anilines is 1. The number of aryl methyl sites for hydroxylation is 1. The van der Waals surface area contributed by atoms with Gasteiger partial charge in [-0.25, -0.2) is 0 Å². The fraction of sp³-hybridized carbons (Fsp3) is 0.462. The molecule has 1 unspecified atom stereocenters. The summed E-state index contributed by atoms with van der Waals surface area (Å²) in [6.45, 7) is 4.13. The van der Waals surface area contributed by atoms with Gasteiger partial charge in [0.1, 0.15) is 0 Å². The van der Waals surface area contributed by atoms with Crippen molar-refractivity contribution in [3.05, 3.63) is 29.3 Å². The summed E-state index contributed by atoms with van der Waals surface area (Å²) in [7, 11) is 1.73. The largest absolute Gasteiger partial charge is 0.399 e. The Morgan fingerprint density at radius 2 is 2.11 bits per heavy atom. The lowest BCUT2D eigenvalue weighted by molar-refractivity contribution is 0.0769. The van der Waals surface area contributed by atoms with E-state index in [-0.39, 0.29) is 18.3 Å². The molecule has 0 heterocycles. The van der Waals surface area contributed by atoms with Gasteiger partial charge in [0, 0.05) is 24.8 Å². The molecule has 0 aliphatic heterocycles. The monoisotopic (exact) mass is 272 g/mol. The van der Waals surface area contributed by atoms with Gasteiger partial charge in [-0.3, -0.25) is 4.79 Å². The number of amides is 1. The van der Waals surface area contributed by atoms with Crippen LogP contribution in [0, 0.1) is 6.92 Å². The molecule has 1 rings (SSSR count). The number of nitrogen functional groups attached to an aromatic ring is 1. The number of aliphatic hydroxyl groups excluding tert-OH is 1. The predicted molar refractivity (Wildman–Crippen MR) is 76.1 cm³/mol. The van der Waals surface area contributed by atoms with E-state index in [0.717, 1.165) is 5.56 Å². The number of benzene rings is 1. The van der Waals surface area contributed by atoms with Gasteiger partial charge in [-0.2, -0.15) is 0 Å². The highest BCUT2D eigenvalue weighted by molar-refractivity contribution is 5.94. The molecule has 0 aromatic heterocycles. The lowest BCUT2D eigenvalue weighted by Gasteiger charge is -2.18. The van der Waals surface area contributed by atoms with Crippen molar-refractivity contribution in [2.75, 3.05) is 19.3 Å². The van der Waals surface area contributed by atoms with Gasteiger partial charge < -0.3 is 15.7 Å². The van der Waals surface area contributed by atoms with Gasteiger partial charge in [-0.1, -0.05) is 0 Å². The van der Waals surface area contributed by atoms with E-state index in [2.05, 4.69) is 0 Å². The average molecular weight is 273 g/mol. The zero-order valence-corrected chi connectivity index (χ0v) is 11.8. The molecule has 0 radical (unpaired) electrons. The summed E-state index contributed by atoms with van der Waals surface area (Å²) in [5, 5.41) is 9.18. The van der Waals surface area contributed by atoms with Crippen LogP contribution in [0.5, 0.6) is 0 Å². The molecule has 0 aliphatic carbocycles. The highest BCUT2D eigenvalue weighted by Gasteiger charge is 2.12. The standard InChI is InChI=1S/C13H20N2O2.ClH/c1-9-8-11(4-5-12(9)14)13(17)15(3)7-6-10(2)16;/h4-5,8,10,16H,6-7,14H2,1-3H3;1H. The fourth-order valence-electron chi connectivity index (χ4n) is 1.51. The summed E-state index contributed by atoms with van der Waals surface area (Å²) in [6, 6.07) is 5.26. The minimum Gasteiger partial charge on any atom is -0.399 e. The molecule has 0 saturated heterocycles. The number of hydrogen-bond donors (Lipinski definition) is 2. The zero-order valence-electron chi connectivity index (χ0n) is 11.0. The molecule has 5 heteroatoms. The van der Waals surface area contributed by atoms with Gasteiger partial charge in [-0.15, -0.1) is 12.4 Å². The van der Waals surface area contributed by atoms with Crippen molar-refractivity contribution < 1.29 is 9.90 Å². The van der Waals surface area contributed by atoms with Gasteiger partial charge in [0.15, 0.2) is 0 Å². The third-order valence-electron chi connectivity index (χ3n) is 2.75. The minimum absolute atomic E-state index is 0. The van der Waals surface area contributed by atoms with Crippen LogP contribution in [-0.2, 0) is 0 Å². The van der Waals surface area contributed by atoms with Gasteiger partial charge in [-0.05, 0) is 44.0 Å². The molecular weight excluding hydrogens is 252 g/mol. The van der Waals surface area contributed by atoms with Crippen molar-refractivity contribution >= 4 is 24.0 Å². The first kappa shape index (κ1) is 16.7. The molecule has 18 heavy (non-hydrogen) atoms. The van der Waals surface area contributed by atoms with E-state index < -0.39 is 6.10 Å². The third kappa shape index (κ3) is 4.55. The van der Waals surface area contributed by atoms with E-state index in [0.29, 0.717) is 24.2 Å². The van der Waals surface area contributed by atoms with Crippen LogP contribution in [0.3, 0.4) is 0 Å². The number of nitrogens with two attached hydrogens (primary N) is 1. The number of carbonyl (C=O) groups excluding carboxylic acids is 1. The molecule has 0 aliphatic rings. The quantitative estimate of drug-likeness (QED) is 0.822. The van der Waals surface area contributed by atoms with E-state index in [4.69, 9.17) is 5.73 Å². The maximum Gasteiger partial charge on any atom is 0.253 e. The average Bonchev–Trinajstić information content (AvgIpc) is 2.28. The Hall–Kier alpha value is -1.26. The van der Waals surface area contributed by atoms with Gasteiger partial charge in [0.2, 0.25) is 0 Å². The van der Waals surface area contributed by atoms with E-state index >= 15 is 0 Å². The van der Waals surface area contributed by atoms with Crippen LogP contribution in [0.1, 0.15) is 29.3 Å². The molecule has 0 bridgehead atoms. The summed E-state index contributed by atoms with van der Waals surface area (Å²) in [4.78, 5) is 13.6. The molecule has 0 fully saturated rings. The van der Waals surface area contributed by atoms with E-state index in [1.54, 1.807) is 37.1 Å². The first-order valence-electron chi connectivity index (χ1n) is 5.71. The van der Waals surface area contributed by atoms with Crippen molar-refractivity contribution in [2.24, 2.45) is 0 Å². The normalized spacial score (nSPS) is 11.6. The van der Waals surface area contributed by atoms with Crippen LogP contribution < -0.4 is 5.73 Å². The van der Waals surface area contributed by atoms with Crippen molar-refractivity contribution in [1.29, 1.82) is 0 Å². The van der Waals surface area contributed by atoms with Crippen LogP contribution >= 0.6 is 12.4 Å². The van der Waals surface area contributed by atoms with Crippen molar-refractivity contribution in [3.8, 4) is 0 Å². The number of nitrogens with zero attached hydrogens (tertiary/aromatic N) is 1. The Labute approximate surface area is 114 Å². The molecule has 3 N–H and O–H groups in total. The van der Waals surface area contributed by atoms with Gasteiger partial charge in [0.05, 0.1) is 6.10 Å². The van der Waals surface area contributed by atoms with Crippen LogP contribution in [0.15, 0.2) is 18.2 Å². The van der Waals surface area contributed by atoms with Crippen LogP contribution in [-0.4, -0.2) is 35.6 Å². The molecule has 1 aromatic rings. The Morgan fingerprint density at radius 1 is 1.50 bits per heavy atom. The Bertz CT molecular complexity index is 408. The Kier molecular flexibility index (Phi) is 6.73. The van der Waals surface area contributed by atoms with E-state index in [1.165, 1.54) is 0 Å². The van der Waals surface area contributed by atoms with Crippen LogP contribution in [0.25, 0.3) is 0 Å². The second-order valence-corrected chi connectivity index (χ2v) is 4.44. The number of rotatable bonds is 4. The third-order valence-corrected chi connectivity index (χ3v) is 2.75. The summed E-state index contributed by atoms with van der Waals surface area (Å²) in [6.07, 6.45) is 0.189. The Morgan fingerprint density at radius 3 is 2.61 bits per heavy atom. The molecule has 1 aromatic carbocycles. The second-order valence-electron chi connectivity index (χ2n) is 4.44. The molecule has 1 atom stereocenters. The first-order chi connectivity index (χ1) is 7.91. The van der Waals surface area contributed by atoms with Crippen molar-refractivity contribution in [2.45, 2.75) is 26.4 Å². The molecule has 0 spiro atoms. The minimum atomic E-state index is -0.390. The van der Waals surface area contributed by atoms with E-state index in [1.807, 2.05) is 6.92 Å². The lowest BCUT2D eigenvalue weighted by atomic mass is 10.1. The smallest absolute Gasteiger partial charge is 0.253 e. The molecule has 4 nitrogen and oxygen atoms in total. The van der Waals surface area contributed by atoms with Crippen LogP contribution in [0.2, 0.25) is 0 Å². The number of aliphatic hydroxyl groups is 1. The SMILES string of the molecule is Cc1cc(C(=O)N(C)CCC(C)O)ccc1N.Cl. The highest BCUT2D eigenvalue weighted by atomic mass is 35.5. The summed E-state index contributed by atoms with van der Waals surface area (Å²) < 4.78 is 0. The number of halogens is 1. The molecular formula is C13H21ClN2O2. The highest BCUT2D eigenvalue weighted by Crippen LogP contribution is 2.14. The van der Waals surface area contributed by atoms with Gasteiger partial charge in [0.25, 0.3) is 5.91 Å². The zero-order chi connectivity index (χ0) is 13.0. The summed E-state index contributed by atoms with van der Waals surface area (Å²) >= 11 is 0. The topological polar surface area (TPSA) is 66.6 Å².